The molecule has 18 heavy (non-hydrogen) atoms. The lowest BCUT2D eigenvalue weighted by Crippen LogP contribution is -2.31. The molecule has 0 aliphatic heterocycles. The van der Waals surface area contributed by atoms with E-state index < -0.39 is 5.97 Å². The van der Waals surface area contributed by atoms with Gasteiger partial charge < -0.3 is 10.8 Å². The number of thioether (sulfide) groups is 1. The maximum absolute atomic E-state index is 11.2. The molecule has 0 bridgehead atoms. The monoisotopic (exact) mass is 268 g/mol. The summed E-state index contributed by atoms with van der Waals surface area (Å²) < 4.78 is 0. The van der Waals surface area contributed by atoms with Crippen LogP contribution in [0.4, 0.5) is 5.69 Å². The van der Waals surface area contributed by atoms with Crippen LogP contribution in [0.3, 0.4) is 0 Å². The van der Waals surface area contributed by atoms with Gasteiger partial charge in [0.15, 0.2) is 0 Å². The van der Waals surface area contributed by atoms with Gasteiger partial charge in [0.1, 0.15) is 0 Å². The third-order valence-electron chi connectivity index (χ3n) is 2.98. The van der Waals surface area contributed by atoms with Gasteiger partial charge in [-0.1, -0.05) is 12.1 Å². The Hall–Kier alpha value is -1.20. The number of hydrogen-bond acceptors (Lipinski definition) is 4. The number of carboxylic acid groups (broad SMARTS) is 1. The van der Waals surface area contributed by atoms with Gasteiger partial charge in [-0.2, -0.15) is 11.8 Å². The van der Waals surface area contributed by atoms with Crippen LogP contribution in [-0.2, 0) is 6.54 Å². The first-order valence-corrected chi connectivity index (χ1v) is 7.16. The molecule has 0 saturated heterocycles. The zero-order valence-corrected chi connectivity index (χ0v) is 11.8. The van der Waals surface area contributed by atoms with Crippen LogP contribution < -0.4 is 5.73 Å². The molecule has 0 saturated carbocycles. The molecule has 0 spiro atoms. The van der Waals surface area contributed by atoms with Crippen LogP contribution in [0.2, 0.25) is 0 Å². The lowest BCUT2D eigenvalue weighted by Gasteiger charge is -2.25. The molecule has 1 aromatic carbocycles. The normalized spacial score (nSPS) is 12.7. The summed E-state index contributed by atoms with van der Waals surface area (Å²) in [7, 11) is 2.00. The minimum atomic E-state index is -0.964. The fourth-order valence-electron chi connectivity index (χ4n) is 1.81. The van der Waals surface area contributed by atoms with Crippen LogP contribution in [0.15, 0.2) is 18.2 Å². The summed E-state index contributed by atoms with van der Waals surface area (Å²) in [4.78, 5) is 13.4. The molecule has 1 atom stereocenters. The van der Waals surface area contributed by atoms with Crippen LogP contribution in [-0.4, -0.2) is 41.1 Å². The second kappa shape index (κ2) is 6.66. The Balaban J connectivity index is 2.90. The Morgan fingerprint density at radius 1 is 1.56 bits per heavy atom. The highest BCUT2D eigenvalue weighted by Crippen LogP contribution is 2.19. The van der Waals surface area contributed by atoms with Gasteiger partial charge in [0.05, 0.1) is 5.56 Å². The number of benzene rings is 1. The molecule has 0 aliphatic rings. The predicted octanol–water partition coefficient (Wildman–Crippen LogP) is 2.15. The second-order valence-corrected chi connectivity index (χ2v) is 5.32. The highest BCUT2D eigenvalue weighted by Gasteiger charge is 2.16. The first kappa shape index (κ1) is 14.9. The van der Waals surface area contributed by atoms with Gasteiger partial charge in [0, 0.05) is 24.0 Å². The molecule has 1 rings (SSSR count). The second-order valence-electron chi connectivity index (χ2n) is 4.41. The van der Waals surface area contributed by atoms with E-state index in [0.29, 0.717) is 18.3 Å². The number of carboxylic acids is 1. The number of aromatic carboxylic acids is 1. The summed E-state index contributed by atoms with van der Waals surface area (Å²) in [6.45, 7) is 2.72. The summed E-state index contributed by atoms with van der Waals surface area (Å²) in [6.07, 6.45) is 2.06. The molecule has 5 heteroatoms. The molecule has 0 heterocycles. The van der Waals surface area contributed by atoms with Gasteiger partial charge in [0.2, 0.25) is 0 Å². The van der Waals surface area contributed by atoms with E-state index in [1.165, 1.54) is 0 Å². The lowest BCUT2D eigenvalue weighted by atomic mass is 10.0. The third kappa shape index (κ3) is 3.65. The predicted molar refractivity (Wildman–Crippen MR) is 77.1 cm³/mol. The zero-order valence-electron chi connectivity index (χ0n) is 11.0. The van der Waals surface area contributed by atoms with Gasteiger partial charge in [-0.3, -0.25) is 4.90 Å². The molecule has 0 aliphatic carbocycles. The van der Waals surface area contributed by atoms with E-state index in [9.17, 15) is 9.90 Å². The molecule has 3 N–H and O–H groups in total. The number of nitrogen functional groups attached to an aromatic ring is 1. The van der Waals surface area contributed by atoms with Crippen molar-refractivity contribution in [3.05, 3.63) is 29.3 Å². The average Bonchev–Trinajstić information content (AvgIpc) is 2.28. The standard InChI is InChI=1S/C13H20N2O2S/c1-9(8-18-3)15(2)7-10-5-4-6-11(14)12(10)13(16)17/h4-6,9H,7-8,14H2,1-3H3,(H,16,17). The van der Waals surface area contributed by atoms with Gasteiger partial charge in [-0.05, 0) is 31.9 Å². The van der Waals surface area contributed by atoms with Crippen molar-refractivity contribution >= 4 is 23.4 Å². The first-order valence-electron chi connectivity index (χ1n) is 5.77. The van der Waals surface area contributed by atoms with E-state index in [1.54, 1.807) is 23.9 Å². The van der Waals surface area contributed by atoms with Crippen LogP contribution in [0.25, 0.3) is 0 Å². The van der Waals surface area contributed by atoms with E-state index in [-0.39, 0.29) is 5.56 Å². The highest BCUT2D eigenvalue weighted by molar-refractivity contribution is 7.98. The molecule has 4 nitrogen and oxygen atoms in total. The molecule has 0 amide bonds. The van der Waals surface area contributed by atoms with Crippen LogP contribution in [0, 0.1) is 0 Å². The van der Waals surface area contributed by atoms with Crippen LogP contribution >= 0.6 is 11.8 Å². The summed E-state index contributed by atoms with van der Waals surface area (Å²) in [5, 5.41) is 9.20. The van der Waals surface area contributed by atoms with Crippen molar-refractivity contribution in [2.24, 2.45) is 0 Å². The molecule has 0 aromatic heterocycles. The Bertz CT molecular complexity index is 423. The van der Waals surface area contributed by atoms with Gasteiger partial charge in [-0.25, -0.2) is 4.79 Å². The Morgan fingerprint density at radius 2 is 2.22 bits per heavy atom. The molecule has 100 valence electrons. The van der Waals surface area contributed by atoms with E-state index in [1.807, 2.05) is 13.1 Å². The number of nitrogens with two attached hydrogens (primary N) is 1. The minimum absolute atomic E-state index is 0.223. The van der Waals surface area contributed by atoms with Crippen LogP contribution in [0.5, 0.6) is 0 Å². The number of rotatable bonds is 6. The van der Waals surface area contributed by atoms with E-state index in [0.717, 1.165) is 11.3 Å². The number of anilines is 1. The van der Waals surface area contributed by atoms with Crippen molar-refractivity contribution in [3.8, 4) is 0 Å². The molecule has 1 unspecified atom stereocenters. The summed E-state index contributed by atoms with van der Waals surface area (Å²) >= 11 is 1.78. The smallest absolute Gasteiger partial charge is 0.338 e. The Morgan fingerprint density at radius 3 is 2.78 bits per heavy atom. The van der Waals surface area contributed by atoms with E-state index in [4.69, 9.17) is 5.73 Å². The summed E-state index contributed by atoms with van der Waals surface area (Å²) in [5.41, 5.74) is 7.04. The minimum Gasteiger partial charge on any atom is -0.478 e. The fourth-order valence-corrected chi connectivity index (χ4v) is 2.54. The number of carbonyl (C=O) groups is 1. The van der Waals surface area contributed by atoms with Crippen molar-refractivity contribution in [1.82, 2.24) is 4.90 Å². The third-order valence-corrected chi connectivity index (χ3v) is 3.79. The summed E-state index contributed by atoms with van der Waals surface area (Å²) in [5.74, 6) is 0.0512. The highest BCUT2D eigenvalue weighted by atomic mass is 32.2. The first-order chi connectivity index (χ1) is 8.47. The lowest BCUT2D eigenvalue weighted by molar-refractivity contribution is 0.0695. The Labute approximate surface area is 112 Å². The molecule has 0 radical (unpaired) electrons. The molecular formula is C13H20N2O2S. The van der Waals surface area contributed by atoms with Gasteiger partial charge >= 0.3 is 5.97 Å². The van der Waals surface area contributed by atoms with E-state index >= 15 is 0 Å². The summed E-state index contributed by atoms with van der Waals surface area (Å²) in [6, 6.07) is 5.63. The largest absolute Gasteiger partial charge is 0.478 e. The van der Waals surface area contributed by atoms with Gasteiger partial charge in [0.25, 0.3) is 0 Å². The van der Waals surface area contributed by atoms with Gasteiger partial charge in [-0.15, -0.1) is 0 Å². The number of hydrogen-bond donors (Lipinski definition) is 2. The molecule has 1 aromatic rings. The zero-order chi connectivity index (χ0) is 13.7. The quantitative estimate of drug-likeness (QED) is 0.774. The maximum Gasteiger partial charge on any atom is 0.338 e. The van der Waals surface area contributed by atoms with E-state index in [2.05, 4.69) is 18.1 Å². The van der Waals surface area contributed by atoms with Crippen molar-refractivity contribution in [2.75, 3.05) is 24.8 Å². The fraction of sp³-hybridized carbons (Fsp3) is 0.462. The number of nitrogens with zero attached hydrogens (tertiary/aromatic N) is 1. The molecular weight excluding hydrogens is 248 g/mol. The van der Waals surface area contributed by atoms with Crippen molar-refractivity contribution in [2.45, 2.75) is 19.5 Å². The SMILES string of the molecule is CSCC(C)N(C)Cc1cccc(N)c1C(=O)O. The average molecular weight is 268 g/mol. The molecule has 0 fully saturated rings. The van der Waals surface area contributed by atoms with Crippen molar-refractivity contribution < 1.29 is 9.90 Å². The topological polar surface area (TPSA) is 66.6 Å². The van der Waals surface area contributed by atoms with Crippen molar-refractivity contribution in [1.29, 1.82) is 0 Å². The maximum atomic E-state index is 11.2. The Kier molecular flexibility index (Phi) is 5.50. The van der Waals surface area contributed by atoms with Crippen LogP contribution in [0.1, 0.15) is 22.8 Å². The van der Waals surface area contributed by atoms with Crippen molar-refractivity contribution in [3.63, 3.8) is 0 Å².